The van der Waals surface area contributed by atoms with Crippen LogP contribution in [0.3, 0.4) is 0 Å². The van der Waals surface area contributed by atoms with Gasteiger partial charge in [0.15, 0.2) is 0 Å². The highest BCUT2D eigenvalue weighted by atomic mass is 16.5. The number of nitrogens with one attached hydrogen (secondary N) is 2. The third-order valence-corrected chi connectivity index (χ3v) is 5.75. The quantitative estimate of drug-likeness (QED) is 0.703. The number of carbonyl (C=O) groups is 2. The number of hydrogen-bond acceptors (Lipinski definition) is 5. The minimum atomic E-state index is -0.423. The Labute approximate surface area is 169 Å². The van der Waals surface area contributed by atoms with Gasteiger partial charge in [0.05, 0.1) is 44.6 Å². The fraction of sp³-hybridized carbons (Fsp3) is 0.364. The van der Waals surface area contributed by atoms with Gasteiger partial charge >= 0.3 is 0 Å². The number of hydrogen-bond donors (Lipinski definition) is 2. The average Bonchev–Trinajstić information content (AvgIpc) is 3.49. The number of fused-ring (bicyclic) bond motifs is 2. The third-order valence-electron chi connectivity index (χ3n) is 5.75. The molecule has 4 atom stereocenters. The van der Waals surface area contributed by atoms with Crippen LogP contribution in [0.2, 0.25) is 0 Å². The first-order chi connectivity index (χ1) is 14.1. The van der Waals surface area contributed by atoms with Crippen LogP contribution in [0.5, 0.6) is 11.5 Å². The maximum absolute atomic E-state index is 13.1. The minimum Gasteiger partial charge on any atom is -0.497 e. The first kappa shape index (κ1) is 19.1. The Hall–Kier alpha value is -3.22. The molecule has 152 valence electrons. The number of furan rings is 1. The molecule has 2 aliphatic rings. The highest BCUT2D eigenvalue weighted by Crippen LogP contribution is 2.48. The SMILES string of the molecule is COc1ccc(NC(=O)[C@H]2[C@@H](C(=O)NCc3ccco3)[C@@H]3C=C[C@@H]2C3)c(OC)c1. The van der Waals surface area contributed by atoms with E-state index < -0.39 is 11.8 Å². The highest BCUT2D eigenvalue weighted by molar-refractivity contribution is 5.98. The Kier molecular flexibility index (Phi) is 5.29. The van der Waals surface area contributed by atoms with Gasteiger partial charge < -0.3 is 24.5 Å². The average molecular weight is 396 g/mol. The number of allylic oxidation sites excluding steroid dienone is 2. The van der Waals surface area contributed by atoms with Crippen molar-refractivity contribution in [3.63, 3.8) is 0 Å². The van der Waals surface area contributed by atoms with Gasteiger partial charge in [-0.25, -0.2) is 0 Å². The Morgan fingerprint density at radius 3 is 2.48 bits per heavy atom. The van der Waals surface area contributed by atoms with Gasteiger partial charge in [0.2, 0.25) is 11.8 Å². The van der Waals surface area contributed by atoms with Gasteiger partial charge in [-0.2, -0.15) is 0 Å². The minimum absolute atomic E-state index is 0.0589. The zero-order valence-electron chi connectivity index (χ0n) is 16.4. The lowest BCUT2D eigenvalue weighted by molar-refractivity contribution is -0.133. The summed E-state index contributed by atoms with van der Waals surface area (Å²) < 4.78 is 15.8. The van der Waals surface area contributed by atoms with Crippen molar-refractivity contribution in [2.24, 2.45) is 23.7 Å². The van der Waals surface area contributed by atoms with E-state index in [2.05, 4.69) is 22.8 Å². The Morgan fingerprint density at radius 2 is 1.83 bits per heavy atom. The first-order valence-electron chi connectivity index (χ1n) is 9.62. The first-order valence-corrected chi connectivity index (χ1v) is 9.62. The summed E-state index contributed by atoms with van der Waals surface area (Å²) >= 11 is 0. The molecule has 0 saturated heterocycles. The molecule has 1 aromatic heterocycles. The molecular weight excluding hydrogens is 372 g/mol. The van der Waals surface area contributed by atoms with Crippen molar-refractivity contribution >= 4 is 17.5 Å². The summed E-state index contributed by atoms with van der Waals surface area (Å²) in [6, 6.07) is 8.79. The van der Waals surface area contributed by atoms with Crippen molar-refractivity contribution in [1.82, 2.24) is 5.32 Å². The zero-order valence-corrected chi connectivity index (χ0v) is 16.4. The van der Waals surface area contributed by atoms with Crippen LogP contribution in [0.4, 0.5) is 5.69 Å². The van der Waals surface area contributed by atoms with Gasteiger partial charge in [-0.3, -0.25) is 9.59 Å². The van der Waals surface area contributed by atoms with Crippen LogP contribution >= 0.6 is 0 Å². The molecule has 1 fully saturated rings. The maximum Gasteiger partial charge on any atom is 0.229 e. The number of rotatable bonds is 7. The number of methoxy groups -OCH3 is 2. The second-order valence-corrected chi connectivity index (χ2v) is 7.35. The largest absolute Gasteiger partial charge is 0.497 e. The fourth-order valence-electron chi connectivity index (χ4n) is 4.36. The molecule has 2 bridgehead atoms. The van der Waals surface area contributed by atoms with Crippen molar-refractivity contribution < 1.29 is 23.5 Å². The van der Waals surface area contributed by atoms with Crippen molar-refractivity contribution in [1.29, 1.82) is 0 Å². The predicted molar refractivity (Wildman–Crippen MR) is 106 cm³/mol. The normalized spacial score (nSPS) is 24.3. The van der Waals surface area contributed by atoms with E-state index in [9.17, 15) is 9.59 Å². The number of carbonyl (C=O) groups excluding carboxylic acids is 2. The van der Waals surface area contributed by atoms with Crippen molar-refractivity contribution in [2.75, 3.05) is 19.5 Å². The lowest BCUT2D eigenvalue weighted by atomic mass is 9.81. The van der Waals surface area contributed by atoms with Crippen molar-refractivity contribution in [2.45, 2.75) is 13.0 Å². The summed E-state index contributed by atoms with van der Waals surface area (Å²) in [5.41, 5.74) is 0.555. The molecule has 2 amide bonds. The molecule has 0 radical (unpaired) electrons. The molecule has 7 heteroatoms. The summed E-state index contributed by atoms with van der Waals surface area (Å²) in [5, 5.41) is 5.85. The van der Waals surface area contributed by atoms with Crippen LogP contribution in [0.1, 0.15) is 12.2 Å². The summed E-state index contributed by atoms with van der Waals surface area (Å²) in [5.74, 6) is 0.837. The molecule has 2 aliphatic carbocycles. The van der Waals surface area contributed by atoms with E-state index in [4.69, 9.17) is 13.9 Å². The monoisotopic (exact) mass is 396 g/mol. The summed E-state index contributed by atoms with van der Waals surface area (Å²) in [4.78, 5) is 26.0. The maximum atomic E-state index is 13.1. The van der Waals surface area contributed by atoms with E-state index in [0.717, 1.165) is 6.42 Å². The molecule has 2 N–H and O–H groups in total. The summed E-state index contributed by atoms with van der Waals surface area (Å²) in [6.45, 7) is 0.310. The Balaban J connectivity index is 1.49. The predicted octanol–water partition coefficient (Wildman–Crippen LogP) is 2.99. The number of ether oxygens (including phenoxy) is 2. The number of benzene rings is 1. The van der Waals surface area contributed by atoms with Crippen LogP contribution in [-0.2, 0) is 16.1 Å². The molecule has 0 aliphatic heterocycles. The molecule has 1 aromatic carbocycles. The van der Waals surface area contributed by atoms with E-state index in [1.807, 2.05) is 0 Å². The lowest BCUT2D eigenvalue weighted by Crippen LogP contribution is -2.41. The van der Waals surface area contributed by atoms with Crippen molar-refractivity contribution in [3.8, 4) is 11.5 Å². The van der Waals surface area contributed by atoms with Gasteiger partial charge in [-0.05, 0) is 42.5 Å². The summed E-state index contributed by atoms with van der Waals surface area (Å²) in [7, 11) is 3.11. The highest BCUT2D eigenvalue weighted by Gasteiger charge is 2.51. The van der Waals surface area contributed by atoms with Gasteiger partial charge in [0.1, 0.15) is 17.3 Å². The molecule has 2 aromatic rings. The molecule has 0 spiro atoms. The molecule has 4 rings (SSSR count). The fourth-order valence-corrected chi connectivity index (χ4v) is 4.36. The van der Waals surface area contributed by atoms with Crippen molar-refractivity contribution in [3.05, 3.63) is 54.5 Å². The molecule has 1 heterocycles. The Bertz CT molecular complexity index is 921. The molecule has 0 unspecified atom stereocenters. The molecule has 29 heavy (non-hydrogen) atoms. The van der Waals surface area contributed by atoms with Crippen LogP contribution in [0, 0.1) is 23.7 Å². The molecule has 7 nitrogen and oxygen atoms in total. The second-order valence-electron chi connectivity index (χ2n) is 7.35. The van der Waals surface area contributed by atoms with E-state index in [0.29, 0.717) is 29.5 Å². The van der Waals surface area contributed by atoms with Crippen LogP contribution in [0.15, 0.2) is 53.2 Å². The molecular formula is C22H24N2O5. The topological polar surface area (TPSA) is 89.8 Å². The van der Waals surface area contributed by atoms with Gasteiger partial charge in [-0.15, -0.1) is 0 Å². The van der Waals surface area contributed by atoms with E-state index in [1.165, 1.54) is 7.11 Å². The molecule has 1 saturated carbocycles. The third kappa shape index (κ3) is 3.72. The zero-order chi connectivity index (χ0) is 20.4. The van der Waals surface area contributed by atoms with E-state index >= 15 is 0 Å². The number of amides is 2. The number of anilines is 1. The van der Waals surface area contributed by atoms with Crippen LogP contribution in [0.25, 0.3) is 0 Å². The van der Waals surface area contributed by atoms with Gasteiger partial charge in [0.25, 0.3) is 0 Å². The summed E-state index contributed by atoms with van der Waals surface area (Å²) in [6.07, 6.45) is 6.49. The smallest absolute Gasteiger partial charge is 0.229 e. The van der Waals surface area contributed by atoms with Crippen LogP contribution < -0.4 is 20.1 Å². The van der Waals surface area contributed by atoms with Gasteiger partial charge in [0, 0.05) is 6.07 Å². The van der Waals surface area contributed by atoms with E-state index in [1.54, 1.807) is 43.7 Å². The Morgan fingerprint density at radius 1 is 1.07 bits per heavy atom. The van der Waals surface area contributed by atoms with Crippen LogP contribution in [-0.4, -0.2) is 26.0 Å². The van der Waals surface area contributed by atoms with Gasteiger partial charge in [-0.1, -0.05) is 12.2 Å². The lowest BCUT2D eigenvalue weighted by Gasteiger charge is -2.26. The second kappa shape index (κ2) is 8.03. The van der Waals surface area contributed by atoms with E-state index in [-0.39, 0.29) is 23.7 Å². The standard InChI is InChI=1S/C22H24N2O5/c1-27-15-7-8-17(18(11-15)28-2)24-22(26)20-14-6-5-13(10-14)19(20)21(25)23-12-16-4-3-9-29-16/h3-9,11,13-14,19-20H,10,12H2,1-2H3,(H,23,25)(H,24,26)/t13-,14-,19+,20-/m1/s1.